The summed E-state index contributed by atoms with van der Waals surface area (Å²) in [5.41, 5.74) is 0.124. The zero-order valence-corrected chi connectivity index (χ0v) is 26.9. The molecule has 0 radical (unpaired) electrons. The number of alkyl halides is 6. The molecule has 0 aliphatic rings. The number of hydrogen-bond donors (Lipinski definition) is 3. The maximum atomic E-state index is 14.2. The van der Waals surface area contributed by atoms with Crippen molar-refractivity contribution >= 4 is 6.03 Å². The minimum atomic E-state index is -4.78. The van der Waals surface area contributed by atoms with Gasteiger partial charge in [0.05, 0.1) is 11.1 Å². The molecule has 0 spiro atoms. The Kier molecular flexibility index (Phi) is 11.9. The van der Waals surface area contributed by atoms with Crippen LogP contribution in [0.4, 0.5) is 31.1 Å². The number of rotatable bonds is 12. The molecule has 4 rings (SSSR count). The molecule has 4 aromatic carbocycles. The molecular weight excluding hydrogens is 632 g/mol. The minimum absolute atomic E-state index is 0.0145. The molecule has 0 aliphatic heterocycles. The highest BCUT2D eigenvalue weighted by Gasteiger charge is 2.34. The number of aliphatic hydroxyl groups is 1. The van der Waals surface area contributed by atoms with E-state index in [1.165, 1.54) is 11.0 Å². The summed E-state index contributed by atoms with van der Waals surface area (Å²) in [6.45, 7) is 5.10. The van der Waals surface area contributed by atoms with Crippen LogP contribution in [0.15, 0.2) is 97.1 Å². The largest absolute Gasteiger partial charge is 0.416 e. The Morgan fingerprint density at radius 2 is 1.40 bits per heavy atom. The Balaban J connectivity index is 1.68. The average molecular weight is 672 g/mol. The zero-order chi connectivity index (χ0) is 35.1. The van der Waals surface area contributed by atoms with Crippen molar-refractivity contribution in [2.24, 2.45) is 0 Å². The molecule has 3 N–H and O–H groups in total. The van der Waals surface area contributed by atoms with E-state index >= 15 is 0 Å². The molecule has 0 heterocycles. The summed E-state index contributed by atoms with van der Waals surface area (Å²) in [6, 6.07) is 23.9. The monoisotopic (exact) mass is 671 g/mol. The van der Waals surface area contributed by atoms with Crippen molar-refractivity contribution in [3.05, 3.63) is 130 Å². The van der Waals surface area contributed by atoms with Gasteiger partial charge < -0.3 is 15.3 Å². The van der Waals surface area contributed by atoms with E-state index in [-0.39, 0.29) is 47.9 Å². The van der Waals surface area contributed by atoms with Crippen molar-refractivity contribution in [3.63, 3.8) is 0 Å². The number of nitrogens with zero attached hydrogens (tertiary/aromatic N) is 1. The van der Waals surface area contributed by atoms with Crippen molar-refractivity contribution in [2.45, 2.75) is 70.8 Å². The molecular formula is C37H39F6N3O2. The molecule has 5 nitrogen and oxygen atoms in total. The van der Waals surface area contributed by atoms with Crippen LogP contribution in [0, 0.1) is 0 Å². The number of urea groups is 1. The first-order valence-corrected chi connectivity index (χ1v) is 15.6. The molecule has 1 unspecified atom stereocenters. The maximum absolute atomic E-state index is 14.2. The second kappa shape index (κ2) is 15.7. The summed E-state index contributed by atoms with van der Waals surface area (Å²) in [5.74, 6) is -0.821. The Bertz CT molecular complexity index is 1640. The Morgan fingerprint density at radius 3 is 1.98 bits per heavy atom. The average Bonchev–Trinajstić information content (AvgIpc) is 3.05. The van der Waals surface area contributed by atoms with Crippen molar-refractivity contribution in [1.82, 2.24) is 15.5 Å². The van der Waals surface area contributed by atoms with E-state index in [1.54, 1.807) is 26.0 Å². The number of aliphatic hydroxyl groups excluding tert-OH is 1. The van der Waals surface area contributed by atoms with E-state index in [1.807, 2.05) is 55.5 Å². The fourth-order valence-electron chi connectivity index (χ4n) is 5.48. The smallest absolute Gasteiger partial charge is 0.378 e. The number of halogens is 6. The summed E-state index contributed by atoms with van der Waals surface area (Å²) < 4.78 is 84.1. The molecule has 0 saturated carbocycles. The van der Waals surface area contributed by atoms with Gasteiger partial charge in [-0.2, -0.15) is 26.3 Å². The third kappa shape index (κ3) is 9.84. The van der Waals surface area contributed by atoms with Gasteiger partial charge in [-0.3, -0.25) is 5.32 Å². The normalized spacial score (nSPS) is 13.9. The Morgan fingerprint density at radius 1 is 0.792 bits per heavy atom. The van der Waals surface area contributed by atoms with E-state index < -0.39 is 41.7 Å². The lowest BCUT2D eigenvalue weighted by Crippen LogP contribution is -2.40. The molecule has 0 aliphatic carbocycles. The van der Waals surface area contributed by atoms with Crippen LogP contribution in [0.3, 0.4) is 0 Å². The second-order valence-corrected chi connectivity index (χ2v) is 11.9. The van der Waals surface area contributed by atoms with Crippen molar-refractivity contribution in [1.29, 1.82) is 0 Å². The van der Waals surface area contributed by atoms with Crippen LogP contribution in [0.5, 0.6) is 0 Å². The fourth-order valence-corrected chi connectivity index (χ4v) is 5.48. The van der Waals surface area contributed by atoms with Gasteiger partial charge in [0.25, 0.3) is 0 Å². The first-order chi connectivity index (χ1) is 22.7. The SMILES string of the molecule is CCN(Cc1cc(C(F)(F)F)ccc1-c1cc([C@H](C)C(O)N[C@H](C)Cc2ccccc2)cc(C(F)(F)F)c1)C(=O)NCc1ccccc1. The van der Waals surface area contributed by atoms with Crippen LogP contribution >= 0.6 is 0 Å². The highest BCUT2D eigenvalue weighted by atomic mass is 19.4. The van der Waals surface area contributed by atoms with Crippen LogP contribution in [0.1, 0.15) is 60.1 Å². The molecule has 3 atom stereocenters. The summed E-state index contributed by atoms with van der Waals surface area (Å²) in [4.78, 5) is 14.4. The first kappa shape index (κ1) is 36.5. The number of benzene rings is 4. The highest BCUT2D eigenvalue weighted by Crippen LogP contribution is 2.39. The third-order valence-corrected chi connectivity index (χ3v) is 8.18. The van der Waals surface area contributed by atoms with E-state index in [2.05, 4.69) is 10.6 Å². The lowest BCUT2D eigenvalue weighted by atomic mass is 9.89. The van der Waals surface area contributed by atoms with Gasteiger partial charge in [-0.15, -0.1) is 0 Å². The Labute approximate surface area is 276 Å². The van der Waals surface area contributed by atoms with E-state index in [9.17, 15) is 36.2 Å². The molecule has 256 valence electrons. The van der Waals surface area contributed by atoms with E-state index in [0.717, 1.165) is 41.5 Å². The standard InChI is InChI=1S/C37H39F6N3O2/c1-4-46(35(48)44-22-27-13-9-6-10-14-27)23-30-21-31(36(38,39)40)15-16-33(30)29-18-28(19-32(20-29)37(41,42)43)25(3)34(47)45-24(2)17-26-11-7-5-8-12-26/h5-16,18-21,24-25,34,45,47H,4,17,22-23H2,1-3H3,(H,44,48)/t24-,25+,34?/m1/s1. The van der Waals surface area contributed by atoms with Gasteiger partial charge in [-0.25, -0.2) is 4.79 Å². The highest BCUT2D eigenvalue weighted by molar-refractivity contribution is 5.75. The van der Waals surface area contributed by atoms with Gasteiger partial charge in [-0.05, 0) is 77.9 Å². The van der Waals surface area contributed by atoms with Gasteiger partial charge >= 0.3 is 18.4 Å². The zero-order valence-electron chi connectivity index (χ0n) is 26.9. The van der Waals surface area contributed by atoms with Gasteiger partial charge in [-0.1, -0.05) is 79.7 Å². The van der Waals surface area contributed by atoms with Gasteiger partial charge in [0.15, 0.2) is 0 Å². The maximum Gasteiger partial charge on any atom is 0.416 e. The number of hydrogen-bond acceptors (Lipinski definition) is 3. The molecule has 0 fully saturated rings. The Hall–Kier alpha value is -4.35. The van der Waals surface area contributed by atoms with Gasteiger partial charge in [0, 0.05) is 31.6 Å². The molecule has 2 amide bonds. The summed E-state index contributed by atoms with van der Waals surface area (Å²) >= 11 is 0. The van der Waals surface area contributed by atoms with Crippen LogP contribution in [0.2, 0.25) is 0 Å². The van der Waals surface area contributed by atoms with Gasteiger partial charge in [0.2, 0.25) is 0 Å². The lowest BCUT2D eigenvalue weighted by molar-refractivity contribution is -0.138. The number of amides is 2. The van der Waals surface area contributed by atoms with Crippen molar-refractivity contribution in [3.8, 4) is 11.1 Å². The molecule has 0 aromatic heterocycles. The molecule has 11 heteroatoms. The molecule has 48 heavy (non-hydrogen) atoms. The predicted octanol–water partition coefficient (Wildman–Crippen LogP) is 8.77. The third-order valence-electron chi connectivity index (χ3n) is 8.18. The van der Waals surface area contributed by atoms with Crippen LogP contribution in [-0.2, 0) is 31.9 Å². The number of carbonyl (C=O) groups excluding carboxylic acids is 1. The van der Waals surface area contributed by atoms with Gasteiger partial charge in [0.1, 0.15) is 6.23 Å². The van der Waals surface area contributed by atoms with Crippen molar-refractivity contribution in [2.75, 3.05) is 6.54 Å². The molecule has 4 aromatic rings. The lowest BCUT2D eigenvalue weighted by Gasteiger charge is -2.26. The topological polar surface area (TPSA) is 64.6 Å². The van der Waals surface area contributed by atoms with Crippen LogP contribution in [0.25, 0.3) is 11.1 Å². The summed E-state index contributed by atoms with van der Waals surface area (Å²) in [7, 11) is 0. The van der Waals surface area contributed by atoms with Crippen molar-refractivity contribution < 1.29 is 36.2 Å². The summed E-state index contributed by atoms with van der Waals surface area (Å²) in [6.07, 6.45) is -10.2. The molecule has 0 saturated heterocycles. The van der Waals surface area contributed by atoms with Crippen LogP contribution < -0.4 is 10.6 Å². The number of carbonyl (C=O) groups is 1. The molecule has 0 bridgehead atoms. The minimum Gasteiger partial charge on any atom is -0.378 e. The second-order valence-electron chi connectivity index (χ2n) is 11.9. The fraction of sp³-hybridized carbons (Fsp3) is 0.324. The van der Waals surface area contributed by atoms with E-state index in [0.29, 0.717) is 6.42 Å². The van der Waals surface area contributed by atoms with E-state index in [4.69, 9.17) is 0 Å². The summed E-state index contributed by atoms with van der Waals surface area (Å²) in [5, 5.41) is 16.8. The predicted molar refractivity (Wildman–Crippen MR) is 174 cm³/mol. The van der Waals surface area contributed by atoms with Crippen LogP contribution in [-0.4, -0.2) is 34.9 Å². The first-order valence-electron chi connectivity index (χ1n) is 15.6. The quantitative estimate of drug-likeness (QED) is 0.104. The number of nitrogens with one attached hydrogen (secondary N) is 2.